The Bertz CT molecular complexity index is 1070. The number of aromatic nitrogens is 1. The molecule has 1 heterocycles. The maximum atomic E-state index is 12.6. The third-order valence-corrected chi connectivity index (χ3v) is 5.44. The van der Waals surface area contributed by atoms with Crippen LogP contribution in [0.5, 0.6) is 0 Å². The van der Waals surface area contributed by atoms with Gasteiger partial charge in [-0.1, -0.05) is 11.6 Å². The number of nitrogens with zero attached hydrogens (tertiary/aromatic N) is 1. The Morgan fingerprint density at radius 1 is 1.21 bits per heavy atom. The Morgan fingerprint density at radius 3 is 2.50 bits per heavy atom. The van der Waals surface area contributed by atoms with Gasteiger partial charge in [-0.2, -0.15) is 0 Å². The molecule has 1 aromatic heterocycles. The fourth-order valence-corrected chi connectivity index (χ4v) is 3.94. The van der Waals surface area contributed by atoms with Crippen LogP contribution in [0.1, 0.15) is 12.5 Å². The number of anilines is 1. The number of nitrogens with one attached hydrogen (secondary N) is 1. The highest BCUT2D eigenvalue weighted by Gasteiger charge is 2.20. The molecule has 0 atom stereocenters. The smallest absolute Gasteiger partial charge is 0.408 e. The summed E-state index contributed by atoms with van der Waals surface area (Å²) in [7, 11) is -3.82. The van der Waals surface area contributed by atoms with Crippen molar-refractivity contribution in [3.8, 4) is 0 Å². The van der Waals surface area contributed by atoms with Gasteiger partial charge < -0.3 is 4.42 Å². The Morgan fingerprint density at radius 2 is 1.88 bits per heavy atom. The van der Waals surface area contributed by atoms with Crippen molar-refractivity contribution in [2.75, 3.05) is 4.72 Å². The molecular weight excluding hydrogens is 352 g/mol. The molecule has 2 aromatic carbocycles. The molecule has 0 aliphatic heterocycles. The molecule has 0 fully saturated rings. The average Bonchev–Trinajstić information content (AvgIpc) is 2.82. The molecule has 3 rings (SSSR count). The molecule has 6 nitrogen and oxygen atoms in total. The number of hydrogen-bond acceptors (Lipinski definition) is 4. The minimum atomic E-state index is -3.82. The van der Waals surface area contributed by atoms with E-state index in [-0.39, 0.29) is 10.5 Å². The van der Waals surface area contributed by atoms with Gasteiger partial charge in [0.15, 0.2) is 5.58 Å². The summed E-state index contributed by atoms with van der Waals surface area (Å²) in [6.07, 6.45) is 0. The van der Waals surface area contributed by atoms with Crippen LogP contribution in [0.2, 0.25) is 5.02 Å². The Hall–Kier alpha value is -2.25. The van der Waals surface area contributed by atoms with Crippen LogP contribution in [0.25, 0.3) is 11.1 Å². The number of hydrogen-bond donors (Lipinski definition) is 1. The van der Waals surface area contributed by atoms with Gasteiger partial charge in [0.25, 0.3) is 10.0 Å². The lowest BCUT2D eigenvalue weighted by molar-refractivity contribution is 0.512. The first-order valence-electron chi connectivity index (χ1n) is 7.24. The highest BCUT2D eigenvalue weighted by molar-refractivity contribution is 7.92. The van der Waals surface area contributed by atoms with Crippen molar-refractivity contribution in [3.63, 3.8) is 0 Å². The van der Waals surface area contributed by atoms with Crippen molar-refractivity contribution < 1.29 is 12.8 Å². The summed E-state index contributed by atoms with van der Waals surface area (Å²) in [6.45, 7) is 3.94. The molecule has 0 aliphatic rings. The minimum Gasteiger partial charge on any atom is -0.408 e. The maximum absolute atomic E-state index is 12.6. The van der Waals surface area contributed by atoms with Crippen molar-refractivity contribution in [1.82, 2.24) is 4.57 Å². The van der Waals surface area contributed by atoms with E-state index in [4.69, 9.17) is 16.0 Å². The second kappa shape index (κ2) is 5.99. The third kappa shape index (κ3) is 2.92. The monoisotopic (exact) mass is 366 g/mol. The van der Waals surface area contributed by atoms with Crippen LogP contribution < -0.4 is 10.5 Å². The minimum absolute atomic E-state index is 0.0574. The first-order chi connectivity index (χ1) is 11.3. The standard InChI is InChI=1S/C16H15ClN2O4S/c1-3-19-13-8-10(2)15(9-14(13)23-16(19)20)24(21,22)18-12-6-4-11(17)5-7-12/h4-9,18H,3H2,1-2H3. The summed E-state index contributed by atoms with van der Waals surface area (Å²) in [5.41, 5.74) is 1.73. The Balaban J connectivity index is 2.09. The lowest BCUT2D eigenvalue weighted by Crippen LogP contribution is -2.14. The summed E-state index contributed by atoms with van der Waals surface area (Å²) in [6, 6.07) is 9.34. The van der Waals surface area contributed by atoms with E-state index >= 15 is 0 Å². The molecule has 0 spiro atoms. The topological polar surface area (TPSA) is 81.3 Å². The SMILES string of the molecule is CCn1c(=O)oc2cc(S(=O)(=O)Nc3ccc(Cl)cc3)c(C)cc21. The van der Waals surface area contributed by atoms with E-state index < -0.39 is 15.8 Å². The van der Waals surface area contributed by atoms with Crippen LogP contribution in [-0.2, 0) is 16.6 Å². The zero-order chi connectivity index (χ0) is 17.5. The van der Waals surface area contributed by atoms with Crippen LogP contribution in [-0.4, -0.2) is 13.0 Å². The third-order valence-electron chi connectivity index (χ3n) is 3.67. The summed E-state index contributed by atoms with van der Waals surface area (Å²) in [5.74, 6) is -0.507. The predicted molar refractivity (Wildman–Crippen MR) is 93.1 cm³/mol. The molecule has 0 unspecified atom stereocenters. The van der Waals surface area contributed by atoms with E-state index in [9.17, 15) is 13.2 Å². The zero-order valence-electron chi connectivity index (χ0n) is 13.0. The number of sulfonamides is 1. The Kier molecular flexibility index (Phi) is 4.15. The van der Waals surface area contributed by atoms with E-state index in [0.717, 1.165) is 0 Å². The number of oxazole rings is 1. The quantitative estimate of drug-likeness (QED) is 0.767. The van der Waals surface area contributed by atoms with E-state index in [0.29, 0.717) is 28.3 Å². The number of benzene rings is 2. The number of aryl methyl sites for hydroxylation is 2. The van der Waals surface area contributed by atoms with Gasteiger partial charge in [0.2, 0.25) is 0 Å². The van der Waals surface area contributed by atoms with Crippen LogP contribution >= 0.6 is 11.6 Å². The first kappa shape index (κ1) is 16.6. The largest absolute Gasteiger partial charge is 0.419 e. The van der Waals surface area contributed by atoms with Crippen molar-refractivity contribution >= 4 is 38.4 Å². The van der Waals surface area contributed by atoms with Gasteiger partial charge in [-0.25, -0.2) is 13.2 Å². The van der Waals surface area contributed by atoms with Crippen LogP contribution in [0.15, 0.2) is 50.5 Å². The first-order valence-corrected chi connectivity index (χ1v) is 9.10. The van der Waals surface area contributed by atoms with E-state index in [1.807, 2.05) is 6.92 Å². The van der Waals surface area contributed by atoms with Crippen molar-refractivity contribution in [2.24, 2.45) is 0 Å². The lowest BCUT2D eigenvalue weighted by atomic mass is 10.2. The number of fused-ring (bicyclic) bond motifs is 1. The molecule has 0 radical (unpaired) electrons. The van der Waals surface area contributed by atoms with Gasteiger partial charge in [0.05, 0.1) is 10.4 Å². The molecule has 126 valence electrons. The molecule has 0 saturated heterocycles. The summed E-state index contributed by atoms with van der Waals surface area (Å²) in [5, 5.41) is 0.512. The van der Waals surface area contributed by atoms with E-state index in [2.05, 4.69) is 4.72 Å². The maximum Gasteiger partial charge on any atom is 0.419 e. The van der Waals surface area contributed by atoms with Gasteiger partial charge in [0.1, 0.15) is 0 Å². The number of rotatable bonds is 4. The van der Waals surface area contributed by atoms with Crippen molar-refractivity contribution in [1.29, 1.82) is 0 Å². The average molecular weight is 367 g/mol. The van der Waals surface area contributed by atoms with Gasteiger partial charge in [-0.05, 0) is 49.7 Å². The molecule has 0 aliphatic carbocycles. The normalized spacial score (nSPS) is 11.8. The van der Waals surface area contributed by atoms with Gasteiger partial charge >= 0.3 is 5.76 Å². The fourth-order valence-electron chi connectivity index (χ4n) is 2.51. The van der Waals surface area contributed by atoms with Crippen LogP contribution in [0, 0.1) is 6.92 Å². The van der Waals surface area contributed by atoms with Gasteiger partial charge in [-0.15, -0.1) is 0 Å². The summed E-state index contributed by atoms with van der Waals surface area (Å²) < 4.78 is 34.4. The van der Waals surface area contributed by atoms with Crippen molar-refractivity contribution in [3.05, 3.63) is 57.5 Å². The predicted octanol–water partition coefficient (Wildman–Crippen LogP) is 3.38. The van der Waals surface area contributed by atoms with E-state index in [1.54, 1.807) is 37.3 Å². The summed E-state index contributed by atoms with van der Waals surface area (Å²) >= 11 is 5.80. The zero-order valence-corrected chi connectivity index (χ0v) is 14.6. The molecule has 24 heavy (non-hydrogen) atoms. The van der Waals surface area contributed by atoms with Crippen LogP contribution in [0.4, 0.5) is 5.69 Å². The molecule has 1 N–H and O–H groups in total. The van der Waals surface area contributed by atoms with Crippen molar-refractivity contribution in [2.45, 2.75) is 25.3 Å². The molecule has 0 saturated carbocycles. The fraction of sp³-hybridized carbons (Fsp3) is 0.188. The molecule has 3 aromatic rings. The molecule has 0 bridgehead atoms. The highest BCUT2D eigenvalue weighted by Crippen LogP contribution is 2.25. The van der Waals surface area contributed by atoms with Gasteiger partial charge in [0, 0.05) is 23.3 Å². The molecule has 0 amide bonds. The molecular formula is C16H15ClN2O4S. The van der Waals surface area contributed by atoms with E-state index in [1.165, 1.54) is 10.6 Å². The number of halogens is 1. The highest BCUT2D eigenvalue weighted by atomic mass is 35.5. The lowest BCUT2D eigenvalue weighted by Gasteiger charge is -2.10. The Labute approximate surface area is 143 Å². The molecule has 8 heteroatoms. The summed E-state index contributed by atoms with van der Waals surface area (Å²) in [4.78, 5) is 11.8. The second-order valence-electron chi connectivity index (χ2n) is 5.31. The van der Waals surface area contributed by atoms with Gasteiger partial charge in [-0.3, -0.25) is 9.29 Å². The second-order valence-corrected chi connectivity index (χ2v) is 7.40. The van der Waals surface area contributed by atoms with Crippen LogP contribution in [0.3, 0.4) is 0 Å².